The number of nitrogens with two attached hydrogens (primary N) is 2. The van der Waals surface area contributed by atoms with Gasteiger partial charge in [-0.25, -0.2) is 14.4 Å². The van der Waals surface area contributed by atoms with Crippen LogP contribution in [0.5, 0.6) is 17.2 Å². The lowest BCUT2D eigenvalue weighted by Crippen LogP contribution is -2.65. The van der Waals surface area contributed by atoms with Crippen LogP contribution in [0.4, 0.5) is 17.1 Å². The Kier molecular flexibility index (Phi) is 23.6. The maximum atomic E-state index is 13.4. The number of rotatable bonds is 24. The SMILES string of the molecule is C.COc1c(C[C@H](CC(=O)Cn2cc(N)cn2)B2O[C@@H]3C[C@@H]4C[C@@H](C4(C)C)[C@]3(C)O2)cccc1C(=O)OC(C)(C)C.COc1c(C[C@H](CC(=O)Cn2cc([N+](=O)[O-])cn2)B2O[C@@H]3C[C@@H]4C[C@@H](C4(C)C)[C@]3(C)O2)cccc1C(=O)OC(C)(C)C.Nc1cnn(CC(=O)C[C@H]2Cc3cccc(C(=O)O)c3OB2O)c1.[HH]. The monoisotopic (exact) mass is 1480 g/mol. The van der Waals surface area contributed by atoms with Gasteiger partial charge in [0, 0.05) is 50.5 Å². The molecule has 0 radical (unpaired) electrons. The summed E-state index contributed by atoms with van der Waals surface area (Å²) in [6.45, 7) is 24.5. The number of carboxylic acids is 1. The molecule has 4 bridgehead atoms. The van der Waals surface area contributed by atoms with E-state index in [9.17, 15) is 43.9 Å². The first-order chi connectivity index (χ1) is 49.8. The van der Waals surface area contributed by atoms with E-state index in [1.54, 1.807) is 75.3 Å². The van der Waals surface area contributed by atoms with E-state index in [0.717, 1.165) is 43.0 Å². The number of aromatic nitrogens is 6. The Bertz CT molecular complexity index is 4310. The molecule has 11 atom stereocenters. The second-order valence-corrected chi connectivity index (χ2v) is 33.0. The molecule has 15 rings (SSSR count). The molecule has 6 N–H and O–H groups in total. The van der Waals surface area contributed by atoms with Crippen LogP contribution in [0.3, 0.4) is 0 Å². The quantitative estimate of drug-likeness (QED) is 0.0189. The van der Waals surface area contributed by atoms with Crippen LogP contribution in [-0.2, 0) is 81.4 Å². The van der Waals surface area contributed by atoms with Crippen molar-refractivity contribution in [1.82, 2.24) is 29.3 Å². The minimum absolute atomic E-state index is 0. The van der Waals surface area contributed by atoms with Gasteiger partial charge in [0.05, 0.1) is 91.5 Å². The summed E-state index contributed by atoms with van der Waals surface area (Å²) in [6.07, 6.45) is 14.1. The molecule has 6 aromatic rings. The number of nitrogens with zero attached hydrogens (tertiary/aromatic N) is 7. The molecule has 3 aromatic carbocycles. The predicted molar refractivity (Wildman–Crippen MR) is 401 cm³/mol. The van der Waals surface area contributed by atoms with Crippen LogP contribution in [0, 0.1) is 44.6 Å². The number of carbonyl (C=O) groups is 6. The third kappa shape index (κ3) is 17.5. The number of hydrogen-bond donors (Lipinski definition) is 4. The van der Waals surface area contributed by atoms with E-state index >= 15 is 0 Å². The van der Waals surface area contributed by atoms with Gasteiger partial charge >= 0.3 is 45.0 Å². The van der Waals surface area contributed by atoms with Crippen molar-refractivity contribution in [2.75, 3.05) is 25.7 Å². The summed E-state index contributed by atoms with van der Waals surface area (Å²) in [6, 6.07) is 15.5. The fourth-order valence-corrected chi connectivity index (χ4v) is 17.2. The molecule has 3 aliphatic heterocycles. The normalized spacial score (nSPS) is 24.4. The van der Waals surface area contributed by atoms with Gasteiger partial charge in [-0.15, -0.1) is 0 Å². The first-order valence-electron chi connectivity index (χ1n) is 36.2. The number of anilines is 2. The van der Waals surface area contributed by atoms with E-state index in [1.807, 2.05) is 39.0 Å². The fourth-order valence-electron chi connectivity index (χ4n) is 17.2. The maximum Gasteiger partial charge on any atom is 0.526 e. The molecule has 28 nitrogen and oxygen atoms in total. The van der Waals surface area contributed by atoms with Crippen molar-refractivity contribution in [2.45, 2.75) is 226 Å². The van der Waals surface area contributed by atoms with Gasteiger partial charge in [0.25, 0.3) is 0 Å². The zero-order valence-corrected chi connectivity index (χ0v) is 62.9. The number of aromatic carboxylic acids is 1. The number of para-hydroxylation sites is 3. The summed E-state index contributed by atoms with van der Waals surface area (Å²) in [5, 5.41) is 42.5. The Hall–Kier alpha value is -8.90. The van der Waals surface area contributed by atoms with Crippen molar-refractivity contribution in [2.24, 2.45) is 34.5 Å². The smallest absolute Gasteiger partial charge is 0.526 e. The Balaban J connectivity index is 0.000000192. The zero-order valence-electron chi connectivity index (χ0n) is 62.9. The summed E-state index contributed by atoms with van der Waals surface area (Å²) in [4.78, 5) is 86.6. The van der Waals surface area contributed by atoms with E-state index in [1.165, 1.54) is 41.1 Å². The Morgan fingerprint density at radius 1 is 0.645 bits per heavy atom. The van der Waals surface area contributed by atoms with Gasteiger partial charge in [-0.1, -0.05) is 71.5 Å². The number of benzene rings is 3. The molecule has 0 spiro atoms. The highest BCUT2D eigenvalue weighted by atomic mass is 16.7. The van der Waals surface area contributed by atoms with Crippen LogP contribution in [-0.4, -0.2) is 150 Å². The largest absolute Gasteiger partial charge is 0.535 e. The van der Waals surface area contributed by atoms with E-state index < -0.39 is 78.2 Å². The van der Waals surface area contributed by atoms with Gasteiger partial charge in [0.1, 0.15) is 52.0 Å². The van der Waals surface area contributed by atoms with Crippen molar-refractivity contribution >= 4 is 73.7 Å². The molecule has 31 heteroatoms. The van der Waals surface area contributed by atoms with Crippen LogP contribution >= 0.6 is 0 Å². The van der Waals surface area contributed by atoms with Gasteiger partial charge in [0.15, 0.2) is 17.3 Å². The second-order valence-electron chi connectivity index (χ2n) is 33.0. The average Bonchev–Trinajstić information content (AvgIpc) is 1.15. The van der Waals surface area contributed by atoms with Crippen LogP contribution in [0.25, 0.3) is 0 Å². The van der Waals surface area contributed by atoms with E-state index in [4.69, 9.17) is 58.8 Å². The van der Waals surface area contributed by atoms with E-state index in [2.05, 4.69) is 56.8 Å². The lowest BCUT2D eigenvalue weighted by molar-refractivity contribution is -0.385. The number of nitrogen functional groups attached to an aromatic ring is 2. The van der Waals surface area contributed by atoms with Crippen LogP contribution in [0.1, 0.15) is 185 Å². The molecule has 6 saturated carbocycles. The third-order valence-electron chi connectivity index (χ3n) is 22.6. The molecule has 3 aromatic heterocycles. The molecule has 576 valence electrons. The van der Waals surface area contributed by atoms with Crippen LogP contribution < -0.4 is 25.6 Å². The highest BCUT2D eigenvalue weighted by Gasteiger charge is 2.70. The molecule has 2 saturated heterocycles. The molecule has 8 fully saturated rings. The topological polar surface area (TPSA) is 375 Å². The number of ketones is 3. The van der Waals surface area contributed by atoms with Crippen molar-refractivity contribution in [1.29, 1.82) is 0 Å². The maximum absolute atomic E-state index is 13.4. The van der Waals surface area contributed by atoms with Gasteiger partial charge in [0.2, 0.25) is 0 Å². The highest BCUT2D eigenvalue weighted by Crippen LogP contribution is 2.68. The van der Waals surface area contributed by atoms with Gasteiger partial charge in [-0.05, 0) is 170 Å². The summed E-state index contributed by atoms with van der Waals surface area (Å²) in [5.74, 6) is -0.576. The van der Waals surface area contributed by atoms with E-state index in [-0.39, 0.29) is 111 Å². The minimum Gasteiger partial charge on any atom is -0.535 e. The number of carboxylic acid groups (broad SMARTS) is 1. The van der Waals surface area contributed by atoms with Gasteiger partial charge < -0.3 is 63.8 Å². The van der Waals surface area contributed by atoms with E-state index in [0.29, 0.717) is 82.5 Å². The number of esters is 2. The summed E-state index contributed by atoms with van der Waals surface area (Å²) < 4.78 is 59.1. The van der Waals surface area contributed by atoms with Crippen molar-refractivity contribution in [3.05, 3.63) is 135 Å². The zero-order chi connectivity index (χ0) is 76.9. The molecule has 0 unspecified atom stereocenters. The molecule has 6 heterocycles. The minimum atomic E-state index is -1.23. The summed E-state index contributed by atoms with van der Waals surface area (Å²) >= 11 is 0. The Labute approximate surface area is 626 Å². The number of nitro groups is 1. The number of Topliss-reactive ketones (excluding diaryl/α,β-unsaturated/α-hetero) is 3. The molecule has 6 aliphatic carbocycles. The van der Waals surface area contributed by atoms with Gasteiger partial charge in [-0.3, -0.25) is 38.5 Å². The molecule has 107 heavy (non-hydrogen) atoms. The highest BCUT2D eigenvalue weighted by molar-refractivity contribution is 6.48. The Morgan fingerprint density at radius 2 is 1.07 bits per heavy atom. The molecule has 0 amide bonds. The standard InChI is InChI=1S/C30H40BN3O8.C30H42BN3O6.C15H16BN3O5.CH4.H2/c1-28(2,3)40-27(36)23-10-8-9-18(26(23)39-7)11-20(14-22(35)17-33-16-21(15-32-33)34(37)38)31-41-25-13-19-12-24(29(19,4)5)30(25,6)42-31;1-28(2,3)38-27(36)23-10-8-9-18(26(23)37-7)11-20(14-22(35)17-34-16-21(32)15-33-34)31-39-25-13-19-12-24(29(19,4)5)30(25,6)40-31;17-11-6-18-19(7-11)8-12(20)5-10-4-9-2-1-3-13(15(21)22)14(9)24-16(10)23;;/h8-10,15-16,19-20,24-25H,11-14,17H2,1-7H3;8-10,15-16,19-20,24-25H,11-14,17,32H2,1-7H3;1-3,6-7,10,23H,4-5,8,17H2,(H,21,22);1H4;1H/t2*19-,20+,24-,25+,30-;10-;;/m001../s1. The third-order valence-corrected chi connectivity index (χ3v) is 22.6. The number of methoxy groups -OCH3 is 2. The van der Waals surface area contributed by atoms with Crippen LogP contribution in [0.15, 0.2) is 91.8 Å². The summed E-state index contributed by atoms with van der Waals surface area (Å²) in [5.41, 5.74) is 13.2. The number of carbonyl (C=O) groups excluding carboxylic acids is 5. The lowest BCUT2D eigenvalue weighted by atomic mass is 9.43. The molecule has 9 aliphatic rings. The number of hydrogen-bond acceptors (Lipinski definition) is 23. The van der Waals surface area contributed by atoms with Gasteiger partial charge in [-0.2, -0.15) is 15.3 Å². The first-order valence-corrected chi connectivity index (χ1v) is 36.2. The van der Waals surface area contributed by atoms with Crippen molar-refractivity contribution in [3.8, 4) is 17.2 Å². The number of fused-ring (bicyclic) bond motifs is 1. The summed E-state index contributed by atoms with van der Waals surface area (Å²) in [7, 11) is 0.602. The fraction of sp³-hybridized carbons (Fsp3) is 0.566. The lowest BCUT2D eigenvalue weighted by Gasteiger charge is -2.64. The molecular formula is C76H104B3N9O19. The van der Waals surface area contributed by atoms with Crippen LogP contribution in [0.2, 0.25) is 17.5 Å². The van der Waals surface area contributed by atoms with Crippen molar-refractivity contribution in [3.63, 3.8) is 0 Å². The first kappa shape index (κ1) is 80.6. The second kappa shape index (κ2) is 31.4. The van der Waals surface area contributed by atoms with Crippen molar-refractivity contribution < 1.29 is 87.5 Å². The predicted octanol–water partition coefficient (Wildman–Crippen LogP) is 11.3. The molecular weight excluding hydrogens is 1380 g/mol. The number of ether oxygens (including phenoxy) is 4. The average molecular weight is 1480 g/mol. The Morgan fingerprint density at radius 3 is 1.46 bits per heavy atom.